The molecule has 3 N–H and O–H groups in total. The van der Waals surface area contributed by atoms with Crippen molar-refractivity contribution in [2.45, 2.75) is 18.9 Å². The van der Waals surface area contributed by atoms with Crippen LogP contribution in [0, 0.1) is 0 Å². The Balaban J connectivity index is 2.97. The number of carboxylic acids is 1. The number of carboxylic acid groups (broad SMARTS) is 1. The van der Waals surface area contributed by atoms with Crippen molar-refractivity contribution in [1.82, 2.24) is 4.98 Å². The normalized spacial score (nSPS) is 14.8. The topological polar surface area (TPSA) is 76.2 Å². The fraction of sp³-hybridized carbons (Fsp3) is 0.333. The Kier molecular flexibility index (Phi) is 3.23. The number of halogens is 1. The van der Waals surface area contributed by atoms with Gasteiger partial charge in [0.1, 0.15) is 0 Å². The molecule has 0 aliphatic carbocycles. The summed E-state index contributed by atoms with van der Waals surface area (Å²) >= 11 is 3.28. The molecule has 0 aliphatic heterocycles. The van der Waals surface area contributed by atoms with Gasteiger partial charge in [0, 0.05) is 10.7 Å². The van der Waals surface area contributed by atoms with Crippen molar-refractivity contribution in [2.24, 2.45) is 5.73 Å². The van der Waals surface area contributed by atoms with E-state index < -0.39 is 11.5 Å². The van der Waals surface area contributed by atoms with Gasteiger partial charge in [-0.2, -0.15) is 0 Å². The van der Waals surface area contributed by atoms with Gasteiger partial charge in [0.15, 0.2) is 0 Å². The van der Waals surface area contributed by atoms with Crippen molar-refractivity contribution >= 4 is 21.9 Å². The minimum absolute atomic E-state index is 0.142. The summed E-state index contributed by atoms with van der Waals surface area (Å²) in [5.41, 5.74) is 5.47. The molecule has 1 heterocycles. The SMILES string of the molecule is C[C@@](N)(CC(=O)O)c1cc(Br)ccn1. The first-order valence-electron chi connectivity index (χ1n) is 4.04. The van der Waals surface area contributed by atoms with Crippen molar-refractivity contribution in [3.63, 3.8) is 0 Å². The average molecular weight is 259 g/mol. The molecule has 0 aromatic carbocycles. The van der Waals surface area contributed by atoms with Crippen LogP contribution in [0.25, 0.3) is 0 Å². The van der Waals surface area contributed by atoms with Gasteiger partial charge < -0.3 is 10.8 Å². The summed E-state index contributed by atoms with van der Waals surface area (Å²) in [6.07, 6.45) is 1.45. The minimum atomic E-state index is -0.935. The van der Waals surface area contributed by atoms with Crippen LogP contribution < -0.4 is 5.73 Å². The summed E-state index contributed by atoms with van der Waals surface area (Å²) in [5.74, 6) is -0.934. The van der Waals surface area contributed by atoms with E-state index in [9.17, 15) is 4.79 Å². The molecule has 5 heteroatoms. The number of nitrogens with two attached hydrogens (primary N) is 1. The third-order valence-corrected chi connectivity index (χ3v) is 2.32. The Bertz CT molecular complexity index is 352. The lowest BCUT2D eigenvalue weighted by Crippen LogP contribution is -2.36. The standard InChI is InChI=1S/C9H11BrN2O2/c1-9(11,5-8(13)14)7-4-6(10)2-3-12-7/h2-4H,5,11H2,1H3,(H,13,14)/t9-/m1/s1. The maximum absolute atomic E-state index is 10.6. The summed E-state index contributed by atoms with van der Waals surface area (Å²) in [4.78, 5) is 14.6. The number of hydrogen-bond acceptors (Lipinski definition) is 3. The lowest BCUT2D eigenvalue weighted by Gasteiger charge is -2.21. The number of carbonyl (C=O) groups is 1. The molecular formula is C9H11BrN2O2. The van der Waals surface area contributed by atoms with Crippen LogP contribution in [0.2, 0.25) is 0 Å². The number of aliphatic carboxylic acids is 1. The van der Waals surface area contributed by atoms with E-state index >= 15 is 0 Å². The van der Waals surface area contributed by atoms with Gasteiger partial charge in [0.25, 0.3) is 0 Å². The Morgan fingerprint density at radius 3 is 2.93 bits per heavy atom. The first kappa shape index (κ1) is 11.1. The van der Waals surface area contributed by atoms with E-state index in [0.29, 0.717) is 5.69 Å². The molecule has 1 rings (SSSR count). The highest BCUT2D eigenvalue weighted by atomic mass is 79.9. The van der Waals surface area contributed by atoms with E-state index in [1.807, 2.05) is 0 Å². The summed E-state index contributed by atoms with van der Waals surface area (Å²) < 4.78 is 0.838. The molecule has 0 spiro atoms. The van der Waals surface area contributed by atoms with Gasteiger partial charge in [-0.3, -0.25) is 9.78 Å². The molecule has 1 aromatic rings. The predicted octanol–water partition coefficient (Wildman–Crippen LogP) is 1.49. The molecule has 4 nitrogen and oxygen atoms in total. The molecule has 0 radical (unpaired) electrons. The molecule has 0 amide bonds. The number of rotatable bonds is 3. The van der Waals surface area contributed by atoms with Gasteiger partial charge in [-0.15, -0.1) is 0 Å². The smallest absolute Gasteiger partial charge is 0.305 e. The summed E-state index contributed by atoms with van der Waals surface area (Å²) in [6.45, 7) is 1.65. The van der Waals surface area contributed by atoms with Gasteiger partial charge >= 0.3 is 5.97 Å². The van der Waals surface area contributed by atoms with Crippen molar-refractivity contribution in [2.75, 3.05) is 0 Å². The third kappa shape index (κ3) is 2.78. The van der Waals surface area contributed by atoms with Crippen molar-refractivity contribution in [3.05, 3.63) is 28.5 Å². The number of aromatic nitrogens is 1. The van der Waals surface area contributed by atoms with Crippen molar-refractivity contribution < 1.29 is 9.90 Å². The second kappa shape index (κ2) is 4.06. The van der Waals surface area contributed by atoms with Crippen LogP contribution in [0.4, 0.5) is 0 Å². The summed E-state index contributed by atoms with van der Waals surface area (Å²) in [5, 5.41) is 8.66. The Labute approximate surface area is 90.3 Å². The second-order valence-corrected chi connectivity index (χ2v) is 4.26. The monoisotopic (exact) mass is 258 g/mol. The molecular weight excluding hydrogens is 248 g/mol. The van der Waals surface area contributed by atoms with Crippen molar-refractivity contribution in [1.29, 1.82) is 0 Å². The van der Waals surface area contributed by atoms with Crippen LogP contribution >= 0.6 is 15.9 Å². The number of nitrogens with zero attached hydrogens (tertiary/aromatic N) is 1. The molecule has 1 atom stereocenters. The number of pyridine rings is 1. The van der Waals surface area contributed by atoms with E-state index in [-0.39, 0.29) is 6.42 Å². The fourth-order valence-electron chi connectivity index (χ4n) is 1.12. The quantitative estimate of drug-likeness (QED) is 0.862. The van der Waals surface area contributed by atoms with Crippen LogP contribution in [-0.4, -0.2) is 16.1 Å². The molecule has 14 heavy (non-hydrogen) atoms. The first-order valence-corrected chi connectivity index (χ1v) is 4.84. The van der Waals surface area contributed by atoms with E-state index in [4.69, 9.17) is 10.8 Å². The van der Waals surface area contributed by atoms with Gasteiger partial charge in [0.2, 0.25) is 0 Å². The largest absolute Gasteiger partial charge is 0.481 e. The van der Waals surface area contributed by atoms with Crippen molar-refractivity contribution in [3.8, 4) is 0 Å². The molecule has 1 aromatic heterocycles. The Morgan fingerprint density at radius 2 is 2.43 bits per heavy atom. The van der Waals surface area contributed by atoms with Crippen LogP contribution in [0.3, 0.4) is 0 Å². The van der Waals surface area contributed by atoms with Crippen LogP contribution in [0.5, 0.6) is 0 Å². The second-order valence-electron chi connectivity index (χ2n) is 3.35. The highest BCUT2D eigenvalue weighted by Crippen LogP contribution is 2.22. The maximum Gasteiger partial charge on any atom is 0.305 e. The Hall–Kier alpha value is -0.940. The van der Waals surface area contributed by atoms with Gasteiger partial charge in [-0.1, -0.05) is 15.9 Å². The zero-order valence-corrected chi connectivity index (χ0v) is 9.28. The fourth-order valence-corrected chi connectivity index (χ4v) is 1.46. The van der Waals surface area contributed by atoms with Gasteiger partial charge in [0.05, 0.1) is 17.7 Å². The molecule has 0 bridgehead atoms. The third-order valence-electron chi connectivity index (χ3n) is 1.83. The number of hydrogen-bond donors (Lipinski definition) is 2. The molecule has 0 fully saturated rings. The maximum atomic E-state index is 10.6. The predicted molar refractivity (Wildman–Crippen MR) is 55.7 cm³/mol. The molecule has 76 valence electrons. The highest BCUT2D eigenvalue weighted by Gasteiger charge is 2.26. The lowest BCUT2D eigenvalue weighted by molar-refractivity contribution is -0.138. The first-order chi connectivity index (χ1) is 6.42. The molecule has 0 aliphatic rings. The highest BCUT2D eigenvalue weighted by molar-refractivity contribution is 9.10. The zero-order valence-electron chi connectivity index (χ0n) is 7.70. The summed E-state index contributed by atoms with van der Waals surface area (Å²) in [6, 6.07) is 3.49. The Morgan fingerprint density at radius 1 is 1.79 bits per heavy atom. The zero-order chi connectivity index (χ0) is 10.8. The average Bonchev–Trinajstić information content (AvgIpc) is 2.01. The van der Waals surface area contributed by atoms with Crippen LogP contribution in [-0.2, 0) is 10.3 Å². The molecule has 0 saturated heterocycles. The van der Waals surface area contributed by atoms with E-state index in [1.54, 1.807) is 25.3 Å². The van der Waals surface area contributed by atoms with E-state index in [0.717, 1.165) is 4.47 Å². The molecule has 0 unspecified atom stereocenters. The summed E-state index contributed by atoms with van der Waals surface area (Å²) in [7, 11) is 0. The van der Waals surface area contributed by atoms with Gasteiger partial charge in [-0.05, 0) is 19.1 Å². The lowest BCUT2D eigenvalue weighted by atomic mass is 9.94. The minimum Gasteiger partial charge on any atom is -0.481 e. The van der Waals surface area contributed by atoms with Crippen LogP contribution in [0.15, 0.2) is 22.8 Å². The molecule has 0 saturated carbocycles. The van der Waals surface area contributed by atoms with Gasteiger partial charge in [-0.25, -0.2) is 0 Å². The van der Waals surface area contributed by atoms with E-state index in [2.05, 4.69) is 20.9 Å². The van der Waals surface area contributed by atoms with E-state index in [1.165, 1.54) is 0 Å². The van der Waals surface area contributed by atoms with Crippen LogP contribution in [0.1, 0.15) is 19.0 Å².